The highest BCUT2D eigenvalue weighted by molar-refractivity contribution is 7.21. The van der Waals surface area contributed by atoms with Gasteiger partial charge >= 0.3 is 0 Å². The third kappa shape index (κ3) is 4.46. The second-order valence-corrected chi connectivity index (χ2v) is 7.38. The van der Waals surface area contributed by atoms with Crippen molar-refractivity contribution in [1.29, 1.82) is 0 Å². The van der Waals surface area contributed by atoms with Gasteiger partial charge in [-0.1, -0.05) is 25.2 Å². The number of thiazole rings is 1. The van der Waals surface area contributed by atoms with Crippen molar-refractivity contribution in [2.24, 2.45) is 5.92 Å². The van der Waals surface area contributed by atoms with Crippen molar-refractivity contribution >= 4 is 32.7 Å². The van der Waals surface area contributed by atoms with E-state index in [1.807, 2.05) is 12.1 Å². The molecule has 0 unspecified atom stereocenters. The number of amides is 1. The summed E-state index contributed by atoms with van der Waals surface area (Å²) in [6.07, 6.45) is 3.78. The monoisotopic (exact) mass is 361 g/mol. The van der Waals surface area contributed by atoms with E-state index in [1.165, 1.54) is 0 Å². The predicted molar refractivity (Wildman–Crippen MR) is 103 cm³/mol. The van der Waals surface area contributed by atoms with Crippen LogP contribution in [0.1, 0.15) is 26.7 Å². The number of pyridine rings is 1. The molecule has 1 atom stereocenters. The Labute approximate surface area is 153 Å². The van der Waals surface area contributed by atoms with E-state index in [2.05, 4.69) is 38.9 Å². The molecule has 1 fully saturated rings. The number of nitrogens with zero attached hydrogens (tertiary/aromatic N) is 4. The van der Waals surface area contributed by atoms with E-state index in [1.54, 1.807) is 17.5 Å². The van der Waals surface area contributed by atoms with Crippen LogP contribution in [0, 0.1) is 5.92 Å². The molecule has 0 spiro atoms. The van der Waals surface area contributed by atoms with Gasteiger partial charge in [0, 0.05) is 32.4 Å². The van der Waals surface area contributed by atoms with Crippen molar-refractivity contribution in [3.63, 3.8) is 0 Å². The molecule has 0 saturated carbocycles. The van der Waals surface area contributed by atoms with Crippen LogP contribution in [0.25, 0.3) is 10.3 Å². The molecule has 3 heterocycles. The van der Waals surface area contributed by atoms with E-state index in [4.69, 9.17) is 0 Å². The smallest absolute Gasteiger partial charge is 0.224 e. The fraction of sp³-hybridized carbons (Fsp3) is 0.611. The summed E-state index contributed by atoms with van der Waals surface area (Å²) in [6, 6.07) is 3.90. The molecule has 0 radical (unpaired) electrons. The number of carbonyl (C=O) groups excluding carboxylic acids is 1. The summed E-state index contributed by atoms with van der Waals surface area (Å²) in [4.78, 5) is 27.1. The molecule has 1 aliphatic rings. The lowest BCUT2D eigenvalue weighted by molar-refractivity contribution is -0.125. The van der Waals surface area contributed by atoms with Crippen LogP contribution >= 0.6 is 11.3 Å². The van der Waals surface area contributed by atoms with E-state index >= 15 is 0 Å². The minimum atomic E-state index is 0.0467. The first-order valence-electron chi connectivity index (χ1n) is 9.17. The molecule has 0 bridgehead atoms. The van der Waals surface area contributed by atoms with Gasteiger partial charge in [0.05, 0.1) is 5.92 Å². The van der Waals surface area contributed by atoms with E-state index in [9.17, 15) is 4.79 Å². The van der Waals surface area contributed by atoms with Gasteiger partial charge in [-0.05, 0) is 38.1 Å². The molecular weight excluding hydrogens is 334 g/mol. The number of nitrogens with one attached hydrogen (secondary N) is 1. The SMILES string of the molecule is CCN(CC)CCNC(=O)[C@H]1CCCN(c2nc3cccnc3s2)C1. The molecule has 1 N–H and O–H groups in total. The Balaban J connectivity index is 1.56. The molecular formula is C18H27N5OS. The van der Waals surface area contributed by atoms with Gasteiger partial charge < -0.3 is 15.1 Å². The van der Waals surface area contributed by atoms with Crippen molar-refractivity contribution in [2.45, 2.75) is 26.7 Å². The summed E-state index contributed by atoms with van der Waals surface area (Å²) >= 11 is 1.61. The maximum Gasteiger partial charge on any atom is 0.224 e. The summed E-state index contributed by atoms with van der Waals surface area (Å²) in [6.45, 7) is 9.69. The summed E-state index contributed by atoms with van der Waals surface area (Å²) < 4.78 is 0. The fourth-order valence-corrected chi connectivity index (χ4v) is 4.22. The normalized spacial score (nSPS) is 18.0. The Morgan fingerprint density at radius 3 is 3.04 bits per heavy atom. The number of fused-ring (bicyclic) bond motifs is 1. The lowest BCUT2D eigenvalue weighted by Crippen LogP contribution is -2.44. The van der Waals surface area contributed by atoms with Crippen LogP contribution in [0.3, 0.4) is 0 Å². The lowest BCUT2D eigenvalue weighted by atomic mass is 9.97. The van der Waals surface area contributed by atoms with Crippen molar-refractivity contribution in [1.82, 2.24) is 20.2 Å². The Kier molecular flexibility index (Phi) is 6.20. The maximum absolute atomic E-state index is 12.5. The number of likely N-dealkylation sites (N-methyl/N-ethyl adjacent to an activating group) is 1. The molecule has 7 heteroatoms. The largest absolute Gasteiger partial charge is 0.355 e. The molecule has 6 nitrogen and oxygen atoms in total. The second kappa shape index (κ2) is 8.58. The van der Waals surface area contributed by atoms with E-state index in [0.717, 1.165) is 67.6 Å². The molecule has 1 aliphatic heterocycles. The molecule has 0 aromatic carbocycles. The van der Waals surface area contributed by atoms with Crippen molar-refractivity contribution in [3.05, 3.63) is 18.3 Å². The number of piperidine rings is 1. The summed E-state index contributed by atoms with van der Waals surface area (Å²) in [7, 11) is 0. The Morgan fingerprint density at radius 2 is 2.28 bits per heavy atom. The summed E-state index contributed by atoms with van der Waals surface area (Å²) in [5, 5.41) is 4.09. The minimum absolute atomic E-state index is 0.0467. The van der Waals surface area contributed by atoms with Crippen molar-refractivity contribution in [2.75, 3.05) is 44.2 Å². The number of aromatic nitrogens is 2. The first-order valence-corrected chi connectivity index (χ1v) is 9.99. The molecule has 2 aromatic heterocycles. The molecule has 2 aromatic rings. The zero-order chi connectivity index (χ0) is 17.6. The number of hydrogen-bond donors (Lipinski definition) is 1. The highest BCUT2D eigenvalue weighted by Gasteiger charge is 2.27. The molecule has 136 valence electrons. The first kappa shape index (κ1) is 18.1. The molecule has 1 saturated heterocycles. The van der Waals surface area contributed by atoms with Gasteiger partial charge in [-0.15, -0.1) is 0 Å². The Morgan fingerprint density at radius 1 is 1.44 bits per heavy atom. The molecule has 25 heavy (non-hydrogen) atoms. The number of carbonyl (C=O) groups is 1. The van der Waals surface area contributed by atoms with E-state index in [-0.39, 0.29) is 11.8 Å². The zero-order valence-corrected chi connectivity index (χ0v) is 15.9. The highest BCUT2D eigenvalue weighted by atomic mass is 32.1. The van der Waals surface area contributed by atoms with Crippen LogP contribution in [0.2, 0.25) is 0 Å². The Bertz CT molecular complexity index is 667. The third-order valence-electron chi connectivity index (χ3n) is 4.84. The van der Waals surface area contributed by atoms with Gasteiger partial charge in [0.25, 0.3) is 0 Å². The van der Waals surface area contributed by atoms with Crippen molar-refractivity contribution < 1.29 is 4.79 Å². The van der Waals surface area contributed by atoms with E-state index in [0.29, 0.717) is 0 Å². The topological polar surface area (TPSA) is 61.4 Å². The number of anilines is 1. The van der Waals surface area contributed by atoms with E-state index < -0.39 is 0 Å². The van der Waals surface area contributed by atoms with Crippen LogP contribution < -0.4 is 10.2 Å². The van der Waals surface area contributed by atoms with Gasteiger partial charge in [-0.2, -0.15) is 0 Å². The van der Waals surface area contributed by atoms with Gasteiger partial charge in [0.2, 0.25) is 5.91 Å². The zero-order valence-electron chi connectivity index (χ0n) is 15.1. The third-order valence-corrected chi connectivity index (χ3v) is 5.88. The Hall–Kier alpha value is -1.73. The average Bonchev–Trinajstić information content (AvgIpc) is 3.09. The highest BCUT2D eigenvalue weighted by Crippen LogP contribution is 2.30. The number of hydrogen-bond acceptors (Lipinski definition) is 6. The van der Waals surface area contributed by atoms with Crippen molar-refractivity contribution in [3.8, 4) is 0 Å². The molecule has 1 amide bonds. The minimum Gasteiger partial charge on any atom is -0.355 e. The fourth-order valence-electron chi connectivity index (χ4n) is 3.28. The van der Waals surface area contributed by atoms with Gasteiger partial charge in [0.1, 0.15) is 10.3 Å². The van der Waals surface area contributed by atoms with Crippen LogP contribution in [-0.2, 0) is 4.79 Å². The molecule has 3 rings (SSSR count). The summed E-state index contributed by atoms with van der Waals surface area (Å²) in [5.41, 5.74) is 0.938. The number of rotatable bonds is 7. The predicted octanol–water partition coefficient (Wildman–Crippen LogP) is 2.37. The first-order chi connectivity index (χ1) is 12.2. The van der Waals surface area contributed by atoms with Crippen LogP contribution in [0.15, 0.2) is 18.3 Å². The van der Waals surface area contributed by atoms with Crippen LogP contribution in [-0.4, -0.2) is 60.0 Å². The van der Waals surface area contributed by atoms with Gasteiger partial charge in [-0.3, -0.25) is 4.79 Å². The maximum atomic E-state index is 12.5. The molecule has 0 aliphatic carbocycles. The standard InChI is InChI=1S/C18H27N5OS/c1-3-22(4-2)12-10-19-16(24)14-7-6-11-23(13-14)18-21-15-8-5-9-20-17(15)25-18/h5,8-9,14H,3-4,6-7,10-13H2,1-2H3,(H,19,24)/t14-/m0/s1. The average molecular weight is 362 g/mol. The summed E-state index contributed by atoms with van der Waals surface area (Å²) in [5.74, 6) is 0.224. The van der Waals surface area contributed by atoms with Crippen LogP contribution in [0.4, 0.5) is 5.13 Å². The van der Waals surface area contributed by atoms with Crippen LogP contribution in [0.5, 0.6) is 0 Å². The quantitative estimate of drug-likeness (QED) is 0.820. The second-order valence-electron chi connectivity index (χ2n) is 6.43. The lowest BCUT2D eigenvalue weighted by Gasteiger charge is -2.31. The van der Waals surface area contributed by atoms with Gasteiger partial charge in [-0.25, -0.2) is 9.97 Å². The van der Waals surface area contributed by atoms with Gasteiger partial charge in [0.15, 0.2) is 5.13 Å².